The first kappa shape index (κ1) is 15.1. The molecule has 1 amide bonds. The number of nitrogens with one attached hydrogen (secondary N) is 1. The SMILES string of the molecule is CCN(CC)Cc1ccc(C(=O)NCC2(CO)CC2)o1. The van der Waals surface area contributed by atoms with E-state index in [4.69, 9.17) is 4.42 Å². The van der Waals surface area contributed by atoms with Gasteiger partial charge in [0.2, 0.25) is 0 Å². The molecule has 0 aliphatic heterocycles. The Morgan fingerprint density at radius 3 is 2.65 bits per heavy atom. The summed E-state index contributed by atoms with van der Waals surface area (Å²) in [5, 5.41) is 12.1. The molecule has 0 radical (unpaired) electrons. The number of aliphatic hydroxyl groups excluding tert-OH is 1. The lowest BCUT2D eigenvalue weighted by molar-refractivity contribution is 0.0904. The van der Waals surface area contributed by atoms with Crippen LogP contribution in [-0.4, -0.2) is 42.2 Å². The Bertz CT molecular complexity index is 448. The zero-order chi connectivity index (χ0) is 14.6. The zero-order valence-corrected chi connectivity index (χ0v) is 12.3. The first-order valence-electron chi connectivity index (χ1n) is 7.32. The molecule has 0 aromatic carbocycles. The number of amides is 1. The average Bonchev–Trinajstić information content (AvgIpc) is 3.12. The largest absolute Gasteiger partial charge is 0.455 e. The van der Waals surface area contributed by atoms with E-state index in [0.717, 1.165) is 38.2 Å². The van der Waals surface area contributed by atoms with Crippen LogP contribution in [0.4, 0.5) is 0 Å². The van der Waals surface area contributed by atoms with Gasteiger partial charge in [-0.15, -0.1) is 0 Å². The molecule has 2 rings (SSSR count). The fraction of sp³-hybridized carbons (Fsp3) is 0.667. The maximum atomic E-state index is 12.0. The fourth-order valence-corrected chi connectivity index (χ4v) is 2.17. The van der Waals surface area contributed by atoms with Gasteiger partial charge < -0.3 is 14.8 Å². The molecule has 0 saturated heterocycles. The van der Waals surface area contributed by atoms with Crippen LogP contribution in [0.5, 0.6) is 0 Å². The Balaban J connectivity index is 1.86. The van der Waals surface area contributed by atoms with Crippen LogP contribution in [0, 0.1) is 5.41 Å². The first-order valence-corrected chi connectivity index (χ1v) is 7.32. The molecule has 1 aliphatic rings. The van der Waals surface area contributed by atoms with Gasteiger partial charge in [0.15, 0.2) is 5.76 Å². The molecule has 0 bridgehead atoms. The third kappa shape index (κ3) is 3.61. The molecular formula is C15H24N2O3. The molecule has 5 heteroatoms. The van der Waals surface area contributed by atoms with E-state index in [1.807, 2.05) is 6.07 Å². The second kappa shape index (κ2) is 6.41. The highest BCUT2D eigenvalue weighted by Gasteiger charge is 2.42. The molecule has 1 aromatic heterocycles. The molecule has 1 saturated carbocycles. The van der Waals surface area contributed by atoms with Gasteiger partial charge in [-0.25, -0.2) is 0 Å². The highest BCUT2D eigenvalue weighted by Crippen LogP contribution is 2.44. The number of furan rings is 1. The smallest absolute Gasteiger partial charge is 0.287 e. The molecule has 1 heterocycles. The highest BCUT2D eigenvalue weighted by molar-refractivity contribution is 5.91. The van der Waals surface area contributed by atoms with Crippen LogP contribution in [0.15, 0.2) is 16.5 Å². The number of nitrogens with zero attached hydrogens (tertiary/aromatic N) is 1. The van der Waals surface area contributed by atoms with Crippen molar-refractivity contribution in [2.45, 2.75) is 33.2 Å². The van der Waals surface area contributed by atoms with Crippen LogP contribution >= 0.6 is 0 Å². The van der Waals surface area contributed by atoms with Crippen molar-refractivity contribution in [1.29, 1.82) is 0 Å². The third-order valence-corrected chi connectivity index (χ3v) is 4.08. The van der Waals surface area contributed by atoms with E-state index >= 15 is 0 Å². The van der Waals surface area contributed by atoms with Crippen molar-refractivity contribution in [3.63, 3.8) is 0 Å². The lowest BCUT2D eigenvalue weighted by Gasteiger charge is -2.15. The van der Waals surface area contributed by atoms with Gasteiger partial charge in [-0.1, -0.05) is 13.8 Å². The maximum Gasteiger partial charge on any atom is 0.287 e. The Hall–Kier alpha value is -1.33. The summed E-state index contributed by atoms with van der Waals surface area (Å²) in [4.78, 5) is 14.2. The molecule has 1 aromatic rings. The average molecular weight is 280 g/mol. The van der Waals surface area contributed by atoms with Gasteiger partial charge in [0, 0.05) is 12.0 Å². The molecule has 0 unspecified atom stereocenters. The number of aliphatic hydroxyl groups is 1. The molecule has 0 spiro atoms. The van der Waals surface area contributed by atoms with Crippen molar-refractivity contribution >= 4 is 5.91 Å². The van der Waals surface area contributed by atoms with Gasteiger partial charge in [0.1, 0.15) is 5.76 Å². The lowest BCUT2D eigenvalue weighted by Crippen LogP contribution is -2.31. The molecule has 0 atom stereocenters. The third-order valence-electron chi connectivity index (χ3n) is 4.08. The van der Waals surface area contributed by atoms with Crippen molar-refractivity contribution in [3.8, 4) is 0 Å². The maximum absolute atomic E-state index is 12.0. The Labute approximate surface area is 119 Å². The van der Waals surface area contributed by atoms with E-state index in [0.29, 0.717) is 12.3 Å². The van der Waals surface area contributed by atoms with E-state index in [-0.39, 0.29) is 17.9 Å². The monoisotopic (exact) mass is 280 g/mol. The summed E-state index contributed by atoms with van der Waals surface area (Å²) in [6.45, 7) is 7.50. The summed E-state index contributed by atoms with van der Waals surface area (Å²) < 4.78 is 5.58. The molecule has 112 valence electrons. The molecule has 5 nitrogen and oxygen atoms in total. The summed E-state index contributed by atoms with van der Waals surface area (Å²) >= 11 is 0. The number of carbonyl (C=O) groups excluding carboxylic acids is 1. The van der Waals surface area contributed by atoms with E-state index < -0.39 is 0 Å². The van der Waals surface area contributed by atoms with Crippen LogP contribution in [0.1, 0.15) is 43.0 Å². The van der Waals surface area contributed by atoms with Gasteiger partial charge in [0.05, 0.1) is 13.2 Å². The highest BCUT2D eigenvalue weighted by atomic mass is 16.4. The summed E-state index contributed by atoms with van der Waals surface area (Å²) in [5.41, 5.74) is -0.0771. The molecule has 2 N–H and O–H groups in total. The van der Waals surface area contributed by atoms with Gasteiger partial charge >= 0.3 is 0 Å². The van der Waals surface area contributed by atoms with Crippen LogP contribution in [0.25, 0.3) is 0 Å². The predicted octanol–water partition coefficient (Wildman–Crippen LogP) is 1.62. The second-order valence-electron chi connectivity index (χ2n) is 5.57. The fourth-order valence-electron chi connectivity index (χ4n) is 2.17. The van der Waals surface area contributed by atoms with Crippen LogP contribution < -0.4 is 5.32 Å². The lowest BCUT2D eigenvalue weighted by atomic mass is 10.1. The van der Waals surface area contributed by atoms with E-state index in [9.17, 15) is 9.90 Å². The molecule has 20 heavy (non-hydrogen) atoms. The minimum atomic E-state index is -0.199. The summed E-state index contributed by atoms with van der Waals surface area (Å²) in [6, 6.07) is 3.57. The van der Waals surface area contributed by atoms with Gasteiger partial charge in [0.25, 0.3) is 5.91 Å². The van der Waals surface area contributed by atoms with E-state index in [1.165, 1.54) is 0 Å². The molecule has 1 aliphatic carbocycles. The van der Waals surface area contributed by atoms with Crippen LogP contribution in [0.3, 0.4) is 0 Å². The normalized spacial score (nSPS) is 16.4. The van der Waals surface area contributed by atoms with Crippen molar-refractivity contribution in [1.82, 2.24) is 10.2 Å². The number of rotatable bonds is 8. The summed E-state index contributed by atoms with van der Waals surface area (Å²) in [6.07, 6.45) is 1.96. The van der Waals surface area contributed by atoms with Crippen molar-refractivity contribution in [3.05, 3.63) is 23.7 Å². The van der Waals surface area contributed by atoms with Crippen LogP contribution in [0.2, 0.25) is 0 Å². The molecular weight excluding hydrogens is 256 g/mol. The minimum Gasteiger partial charge on any atom is -0.455 e. The molecule has 1 fully saturated rings. The Morgan fingerprint density at radius 2 is 2.10 bits per heavy atom. The topological polar surface area (TPSA) is 65.7 Å². The van der Waals surface area contributed by atoms with E-state index in [2.05, 4.69) is 24.1 Å². The Kier molecular flexibility index (Phi) is 4.83. The van der Waals surface area contributed by atoms with Crippen molar-refractivity contribution < 1.29 is 14.3 Å². The standard InChI is InChI=1S/C15H24N2O3/c1-3-17(4-2)9-12-5-6-13(20-12)14(19)16-10-15(11-18)7-8-15/h5-6,18H,3-4,7-11H2,1-2H3,(H,16,19). The number of hydrogen-bond acceptors (Lipinski definition) is 4. The second-order valence-corrected chi connectivity index (χ2v) is 5.57. The zero-order valence-electron chi connectivity index (χ0n) is 12.3. The van der Waals surface area contributed by atoms with E-state index in [1.54, 1.807) is 6.07 Å². The van der Waals surface area contributed by atoms with Crippen LogP contribution in [-0.2, 0) is 6.54 Å². The Morgan fingerprint density at radius 1 is 1.40 bits per heavy atom. The predicted molar refractivity (Wildman–Crippen MR) is 76.4 cm³/mol. The quantitative estimate of drug-likeness (QED) is 0.759. The first-order chi connectivity index (χ1) is 9.62. The van der Waals surface area contributed by atoms with Gasteiger partial charge in [-0.3, -0.25) is 9.69 Å². The van der Waals surface area contributed by atoms with Crippen molar-refractivity contribution in [2.24, 2.45) is 5.41 Å². The van der Waals surface area contributed by atoms with Gasteiger partial charge in [-0.2, -0.15) is 0 Å². The van der Waals surface area contributed by atoms with Gasteiger partial charge in [-0.05, 0) is 38.1 Å². The number of hydrogen-bond donors (Lipinski definition) is 2. The summed E-state index contributed by atoms with van der Waals surface area (Å²) in [7, 11) is 0. The summed E-state index contributed by atoms with van der Waals surface area (Å²) in [5.74, 6) is 0.957. The van der Waals surface area contributed by atoms with Crippen molar-refractivity contribution in [2.75, 3.05) is 26.2 Å². The number of carbonyl (C=O) groups is 1. The minimum absolute atomic E-state index is 0.0771.